The molecule has 172 valence electrons. The van der Waals surface area contributed by atoms with Gasteiger partial charge in [-0.05, 0) is 37.3 Å². The number of benzene rings is 1. The van der Waals surface area contributed by atoms with Crippen LogP contribution in [0.2, 0.25) is 0 Å². The molecule has 0 aromatic heterocycles. The van der Waals surface area contributed by atoms with E-state index in [2.05, 4.69) is 5.32 Å². The number of cyclic esters (lactones) is 1. The zero-order valence-electron chi connectivity index (χ0n) is 18.3. The van der Waals surface area contributed by atoms with E-state index in [4.69, 9.17) is 9.47 Å². The average molecular weight is 442 g/mol. The van der Waals surface area contributed by atoms with Crippen molar-refractivity contribution in [3.63, 3.8) is 0 Å². The first kappa shape index (κ1) is 23.8. The summed E-state index contributed by atoms with van der Waals surface area (Å²) in [6.07, 6.45) is 11.7. The Balaban J connectivity index is 1.70. The van der Waals surface area contributed by atoms with Crippen LogP contribution in [0.1, 0.15) is 54.9 Å². The van der Waals surface area contributed by atoms with Crippen molar-refractivity contribution in [3.05, 3.63) is 65.9 Å². The smallest absolute Gasteiger partial charge is 0.342 e. The number of amides is 1. The lowest BCUT2D eigenvalue weighted by molar-refractivity contribution is -0.115. The number of phenolic OH excluding ortho intramolecular Hbond substituents is 1. The van der Waals surface area contributed by atoms with Crippen LogP contribution in [-0.2, 0) is 20.7 Å². The molecule has 4 atom stereocenters. The lowest BCUT2D eigenvalue weighted by atomic mass is 9.91. The number of nitrogens with one attached hydrogen (secondary N) is 1. The van der Waals surface area contributed by atoms with Crippen molar-refractivity contribution in [3.8, 4) is 5.75 Å². The van der Waals surface area contributed by atoms with Gasteiger partial charge in [0.15, 0.2) is 0 Å². The number of aliphatic hydroxyl groups excluding tert-OH is 1. The minimum absolute atomic E-state index is 0.133. The molecule has 0 unspecified atom stereocenters. The number of esters is 1. The standard InChI is InChI=1S/C25H31NO6/c1-2-3-4-5-11-23(29)26-12-7-9-19-16-21-15-18(27)14-20(31-21)13-17-8-6-10-22(28)24(17)25(30)32-19/h3-8,10-12,18-21,27-28H,2,9,13-16H2,1H3,(H,26,29)/b4-3-,11-5-,12-7+/t18-,19+,20+,21-/m0/s1. The number of aliphatic hydroxyl groups is 1. The van der Waals surface area contributed by atoms with E-state index in [0.717, 1.165) is 6.42 Å². The third-order valence-electron chi connectivity index (χ3n) is 5.51. The van der Waals surface area contributed by atoms with E-state index in [1.165, 1.54) is 18.3 Å². The van der Waals surface area contributed by atoms with E-state index in [1.54, 1.807) is 24.3 Å². The van der Waals surface area contributed by atoms with E-state index < -0.39 is 18.2 Å². The van der Waals surface area contributed by atoms with Crippen molar-refractivity contribution in [2.45, 2.75) is 69.9 Å². The fraction of sp³-hybridized carbons (Fsp3) is 0.440. The predicted molar refractivity (Wildman–Crippen MR) is 120 cm³/mol. The van der Waals surface area contributed by atoms with E-state index >= 15 is 0 Å². The molecule has 2 heterocycles. The first-order chi connectivity index (χ1) is 15.5. The molecule has 2 aliphatic rings. The van der Waals surface area contributed by atoms with Gasteiger partial charge in [0, 0.05) is 25.1 Å². The largest absolute Gasteiger partial charge is 0.507 e. The molecule has 0 aliphatic carbocycles. The van der Waals surface area contributed by atoms with Gasteiger partial charge in [0.05, 0.1) is 18.3 Å². The first-order valence-electron chi connectivity index (χ1n) is 11.1. The van der Waals surface area contributed by atoms with Gasteiger partial charge in [0.25, 0.3) is 0 Å². The molecule has 0 saturated carbocycles. The number of allylic oxidation sites excluding steroid dienone is 3. The Labute approximate surface area is 188 Å². The Morgan fingerprint density at radius 1 is 1.19 bits per heavy atom. The van der Waals surface area contributed by atoms with Crippen LogP contribution in [0.5, 0.6) is 5.75 Å². The van der Waals surface area contributed by atoms with Crippen LogP contribution in [-0.4, -0.2) is 46.5 Å². The van der Waals surface area contributed by atoms with Gasteiger partial charge in [-0.3, -0.25) is 4.79 Å². The van der Waals surface area contributed by atoms with E-state index in [1.807, 2.05) is 19.1 Å². The van der Waals surface area contributed by atoms with E-state index in [0.29, 0.717) is 37.7 Å². The molecule has 3 rings (SSSR count). The van der Waals surface area contributed by atoms with Crippen LogP contribution in [0.3, 0.4) is 0 Å². The van der Waals surface area contributed by atoms with Crippen LogP contribution in [0.15, 0.2) is 54.8 Å². The van der Waals surface area contributed by atoms with Crippen molar-refractivity contribution in [1.29, 1.82) is 0 Å². The summed E-state index contributed by atoms with van der Waals surface area (Å²) in [5.41, 5.74) is 0.780. The van der Waals surface area contributed by atoms with Gasteiger partial charge in [-0.25, -0.2) is 4.79 Å². The number of hydrogen-bond donors (Lipinski definition) is 3. The highest BCUT2D eigenvalue weighted by atomic mass is 16.5. The molecule has 32 heavy (non-hydrogen) atoms. The summed E-state index contributed by atoms with van der Waals surface area (Å²) in [7, 11) is 0. The molecule has 1 aromatic carbocycles. The van der Waals surface area contributed by atoms with Crippen molar-refractivity contribution in [1.82, 2.24) is 5.32 Å². The topological polar surface area (TPSA) is 105 Å². The van der Waals surface area contributed by atoms with Gasteiger partial charge in [-0.15, -0.1) is 0 Å². The number of carbonyl (C=O) groups excluding carboxylic acids is 2. The minimum atomic E-state index is -0.577. The second kappa shape index (κ2) is 11.6. The lowest BCUT2D eigenvalue weighted by Gasteiger charge is -2.36. The second-order valence-corrected chi connectivity index (χ2v) is 8.13. The highest BCUT2D eigenvalue weighted by molar-refractivity contribution is 5.94. The summed E-state index contributed by atoms with van der Waals surface area (Å²) in [5, 5.41) is 23.2. The van der Waals surface area contributed by atoms with Crippen molar-refractivity contribution in [2.24, 2.45) is 0 Å². The van der Waals surface area contributed by atoms with Crippen LogP contribution >= 0.6 is 0 Å². The van der Waals surface area contributed by atoms with Crippen molar-refractivity contribution in [2.75, 3.05) is 0 Å². The monoisotopic (exact) mass is 441 g/mol. The molecule has 0 spiro atoms. The summed E-state index contributed by atoms with van der Waals surface area (Å²) < 4.78 is 11.9. The van der Waals surface area contributed by atoms with Gasteiger partial charge in [-0.1, -0.05) is 43.4 Å². The molecule has 1 aromatic rings. The molecule has 7 nitrogen and oxygen atoms in total. The van der Waals surface area contributed by atoms with Crippen molar-refractivity contribution >= 4 is 11.9 Å². The van der Waals surface area contributed by atoms with Gasteiger partial charge in [0.1, 0.15) is 17.4 Å². The van der Waals surface area contributed by atoms with Crippen LogP contribution in [0.25, 0.3) is 0 Å². The Morgan fingerprint density at radius 2 is 2.00 bits per heavy atom. The highest BCUT2D eigenvalue weighted by Crippen LogP contribution is 2.32. The second-order valence-electron chi connectivity index (χ2n) is 8.13. The third kappa shape index (κ3) is 6.80. The Bertz CT molecular complexity index is 890. The van der Waals surface area contributed by atoms with Gasteiger partial charge >= 0.3 is 5.97 Å². The number of phenols is 1. The summed E-state index contributed by atoms with van der Waals surface area (Å²) in [6, 6.07) is 4.91. The summed E-state index contributed by atoms with van der Waals surface area (Å²) in [5.74, 6) is -0.969. The molecular weight excluding hydrogens is 410 g/mol. The Kier molecular flexibility index (Phi) is 8.64. The maximum Gasteiger partial charge on any atom is 0.342 e. The molecule has 2 aliphatic heterocycles. The lowest BCUT2D eigenvalue weighted by Crippen LogP contribution is -2.40. The third-order valence-corrected chi connectivity index (χ3v) is 5.51. The number of fused-ring (bicyclic) bond motifs is 3. The number of carbonyl (C=O) groups is 2. The molecule has 1 amide bonds. The molecule has 2 bridgehead atoms. The molecule has 7 heteroatoms. The van der Waals surface area contributed by atoms with Crippen LogP contribution < -0.4 is 5.32 Å². The highest BCUT2D eigenvalue weighted by Gasteiger charge is 2.34. The van der Waals surface area contributed by atoms with E-state index in [-0.39, 0.29) is 29.4 Å². The number of ether oxygens (including phenoxy) is 2. The number of hydrogen-bond acceptors (Lipinski definition) is 6. The molecular formula is C25H31NO6. The predicted octanol–water partition coefficient (Wildman–Crippen LogP) is 3.31. The molecule has 1 saturated heterocycles. The normalized spacial score (nSPS) is 26.2. The van der Waals surface area contributed by atoms with Gasteiger partial charge < -0.3 is 25.0 Å². The summed E-state index contributed by atoms with van der Waals surface area (Å²) in [6.45, 7) is 2.01. The quantitative estimate of drug-likeness (QED) is 0.355. The number of aromatic hydroxyl groups is 1. The van der Waals surface area contributed by atoms with Gasteiger partial charge in [-0.2, -0.15) is 0 Å². The Hall–Kier alpha value is -2.90. The summed E-state index contributed by atoms with van der Waals surface area (Å²) in [4.78, 5) is 24.7. The zero-order chi connectivity index (χ0) is 22.9. The fourth-order valence-electron chi connectivity index (χ4n) is 4.07. The van der Waals surface area contributed by atoms with Crippen molar-refractivity contribution < 1.29 is 29.3 Å². The zero-order valence-corrected chi connectivity index (χ0v) is 18.3. The van der Waals surface area contributed by atoms with Crippen LogP contribution in [0.4, 0.5) is 0 Å². The summed E-state index contributed by atoms with van der Waals surface area (Å²) >= 11 is 0. The fourth-order valence-corrected chi connectivity index (χ4v) is 4.07. The van der Waals surface area contributed by atoms with Crippen LogP contribution in [0, 0.1) is 0 Å². The minimum Gasteiger partial charge on any atom is -0.507 e. The molecule has 1 fully saturated rings. The number of rotatable bonds is 6. The Morgan fingerprint density at radius 3 is 2.81 bits per heavy atom. The maximum absolute atomic E-state index is 12.9. The average Bonchev–Trinajstić information content (AvgIpc) is 2.73. The van der Waals surface area contributed by atoms with E-state index in [9.17, 15) is 19.8 Å². The van der Waals surface area contributed by atoms with Gasteiger partial charge in [0.2, 0.25) is 5.91 Å². The first-order valence-corrected chi connectivity index (χ1v) is 11.1. The SMILES string of the molecule is CC/C=C\C=C/C(=O)N/C=C/C[C@@H]1C[C@@H]2C[C@@H](O)C[C@@H](Cc3cccc(O)c3C(=O)O1)O2. The molecule has 0 radical (unpaired) electrons. The maximum atomic E-state index is 12.9. The molecule has 3 N–H and O–H groups in total.